The van der Waals surface area contributed by atoms with E-state index >= 15 is 0 Å². The van der Waals surface area contributed by atoms with Crippen LogP contribution >= 0.6 is 0 Å². The first-order valence-electron chi connectivity index (χ1n) is 6.36. The van der Waals surface area contributed by atoms with Crippen molar-refractivity contribution < 1.29 is 4.74 Å². The van der Waals surface area contributed by atoms with Crippen molar-refractivity contribution in [2.24, 2.45) is 5.73 Å². The molecule has 0 heterocycles. The normalized spacial score (nSPS) is 10.0. The Hall–Kier alpha value is -1.50. The van der Waals surface area contributed by atoms with Crippen molar-refractivity contribution in [3.63, 3.8) is 0 Å². The molecule has 0 aliphatic carbocycles. The van der Waals surface area contributed by atoms with Gasteiger partial charge in [-0.05, 0) is 44.3 Å². The van der Waals surface area contributed by atoms with Gasteiger partial charge in [0.15, 0.2) is 0 Å². The summed E-state index contributed by atoms with van der Waals surface area (Å²) < 4.78 is 5.67. The lowest BCUT2D eigenvalue weighted by Crippen LogP contribution is -2.24. The molecule has 1 aromatic rings. The Morgan fingerprint density at radius 3 is 2.56 bits per heavy atom. The SMILES string of the molecule is CCCN(C)CCOc1ccc(C#CCN)cc1. The number of rotatable bonds is 6. The molecule has 98 valence electrons. The Morgan fingerprint density at radius 1 is 1.22 bits per heavy atom. The second-order valence-electron chi connectivity index (χ2n) is 4.18. The number of ether oxygens (including phenoxy) is 1. The molecule has 0 fully saturated rings. The molecular formula is C15H22N2O. The third-order valence-electron chi connectivity index (χ3n) is 2.54. The number of benzene rings is 1. The van der Waals surface area contributed by atoms with Gasteiger partial charge in [0, 0.05) is 12.1 Å². The van der Waals surface area contributed by atoms with Crippen molar-refractivity contribution in [2.75, 3.05) is 33.3 Å². The third kappa shape index (κ3) is 5.72. The highest BCUT2D eigenvalue weighted by Crippen LogP contribution is 2.11. The molecule has 0 atom stereocenters. The van der Waals surface area contributed by atoms with Gasteiger partial charge in [0.1, 0.15) is 12.4 Å². The van der Waals surface area contributed by atoms with Gasteiger partial charge in [0.05, 0.1) is 6.54 Å². The molecule has 1 aromatic carbocycles. The maximum Gasteiger partial charge on any atom is 0.119 e. The molecule has 0 radical (unpaired) electrons. The Bertz CT molecular complexity index is 389. The van der Waals surface area contributed by atoms with Crippen LogP contribution in [0.15, 0.2) is 24.3 Å². The third-order valence-corrected chi connectivity index (χ3v) is 2.54. The van der Waals surface area contributed by atoms with E-state index in [0.29, 0.717) is 13.2 Å². The summed E-state index contributed by atoms with van der Waals surface area (Å²) in [6.45, 7) is 5.34. The van der Waals surface area contributed by atoms with Gasteiger partial charge in [0.25, 0.3) is 0 Å². The van der Waals surface area contributed by atoms with Crippen LogP contribution in [0.3, 0.4) is 0 Å². The van der Waals surface area contributed by atoms with Gasteiger partial charge in [0.2, 0.25) is 0 Å². The van der Waals surface area contributed by atoms with Crippen LogP contribution in [0.2, 0.25) is 0 Å². The summed E-state index contributed by atoms with van der Waals surface area (Å²) >= 11 is 0. The molecule has 0 aromatic heterocycles. The summed E-state index contributed by atoms with van der Waals surface area (Å²) in [6, 6.07) is 7.79. The van der Waals surface area contributed by atoms with Gasteiger partial charge < -0.3 is 15.4 Å². The maximum atomic E-state index is 5.67. The topological polar surface area (TPSA) is 38.5 Å². The molecule has 0 amide bonds. The highest BCUT2D eigenvalue weighted by Gasteiger charge is 1.97. The minimum Gasteiger partial charge on any atom is -0.492 e. The summed E-state index contributed by atoms with van der Waals surface area (Å²) in [5, 5.41) is 0. The molecule has 0 bridgehead atoms. The standard InChI is InChI=1S/C15H22N2O/c1-3-11-17(2)12-13-18-15-8-6-14(7-9-15)5-4-10-16/h6-9H,3,10-13,16H2,1-2H3. The van der Waals surface area contributed by atoms with Crippen LogP contribution < -0.4 is 10.5 Å². The molecule has 0 unspecified atom stereocenters. The fraction of sp³-hybridized carbons (Fsp3) is 0.467. The Morgan fingerprint density at radius 2 is 1.94 bits per heavy atom. The van der Waals surface area contributed by atoms with Crippen molar-refractivity contribution in [1.29, 1.82) is 0 Å². The first-order chi connectivity index (χ1) is 8.76. The first-order valence-corrected chi connectivity index (χ1v) is 6.36. The molecule has 0 aliphatic heterocycles. The van der Waals surface area contributed by atoms with Crippen molar-refractivity contribution >= 4 is 0 Å². The molecule has 1 rings (SSSR count). The van der Waals surface area contributed by atoms with Gasteiger partial charge in [-0.1, -0.05) is 18.8 Å². The van der Waals surface area contributed by atoms with E-state index in [0.717, 1.165) is 24.4 Å². The molecule has 0 aliphatic rings. The van der Waals surface area contributed by atoms with Crippen LogP contribution in [0, 0.1) is 11.8 Å². The van der Waals surface area contributed by atoms with E-state index in [-0.39, 0.29) is 0 Å². The van der Waals surface area contributed by atoms with Crippen LogP contribution in [0.4, 0.5) is 0 Å². The highest BCUT2D eigenvalue weighted by molar-refractivity contribution is 5.38. The summed E-state index contributed by atoms with van der Waals surface area (Å²) in [5.41, 5.74) is 6.29. The second-order valence-corrected chi connectivity index (χ2v) is 4.18. The summed E-state index contributed by atoms with van der Waals surface area (Å²) in [7, 11) is 2.11. The maximum absolute atomic E-state index is 5.67. The van der Waals surface area contributed by atoms with Crippen LogP contribution in [-0.4, -0.2) is 38.2 Å². The number of hydrogen-bond donors (Lipinski definition) is 1. The quantitative estimate of drug-likeness (QED) is 0.777. The van der Waals surface area contributed by atoms with E-state index in [1.165, 1.54) is 6.42 Å². The van der Waals surface area contributed by atoms with Gasteiger partial charge >= 0.3 is 0 Å². The minimum absolute atomic E-state index is 0.391. The number of hydrogen-bond acceptors (Lipinski definition) is 3. The van der Waals surface area contributed by atoms with E-state index in [2.05, 4.69) is 30.7 Å². The highest BCUT2D eigenvalue weighted by atomic mass is 16.5. The lowest BCUT2D eigenvalue weighted by atomic mass is 10.2. The smallest absolute Gasteiger partial charge is 0.119 e. The zero-order valence-electron chi connectivity index (χ0n) is 11.3. The van der Waals surface area contributed by atoms with E-state index in [1.54, 1.807) is 0 Å². The molecule has 0 saturated carbocycles. The van der Waals surface area contributed by atoms with Crippen LogP contribution in [0.25, 0.3) is 0 Å². The van der Waals surface area contributed by atoms with Crippen LogP contribution in [0.5, 0.6) is 5.75 Å². The average Bonchev–Trinajstić information content (AvgIpc) is 2.38. The van der Waals surface area contributed by atoms with Gasteiger partial charge in [-0.3, -0.25) is 0 Å². The van der Waals surface area contributed by atoms with Crippen LogP contribution in [-0.2, 0) is 0 Å². The van der Waals surface area contributed by atoms with Crippen molar-refractivity contribution in [2.45, 2.75) is 13.3 Å². The predicted octanol–water partition coefficient (Wildman–Crippen LogP) is 1.72. The van der Waals surface area contributed by atoms with E-state index in [4.69, 9.17) is 10.5 Å². The molecule has 3 heteroatoms. The zero-order valence-corrected chi connectivity index (χ0v) is 11.3. The number of nitrogens with zero attached hydrogens (tertiary/aromatic N) is 1. The van der Waals surface area contributed by atoms with Crippen LogP contribution in [0.1, 0.15) is 18.9 Å². The number of likely N-dealkylation sites (N-methyl/N-ethyl adjacent to an activating group) is 1. The fourth-order valence-corrected chi connectivity index (χ4v) is 1.60. The van der Waals surface area contributed by atoms with E-state index in [1.807, 2.05) is 24.3 Å². The lowest BCUT2D eigenvalue weighted by Gasteiger charge is -2.15. The largest absolute Gasteiger partial charge is 0.492 e. The first kappa shape index (κ1) is 14.6. The Labute approximate surface area is 110 Å². The summed E-state index contributed by atoms with van der Waals surface area (Å²) in [4.78, 5) is 2.26. The van der Waals surface area contributed by atoms with Gasteiger partial charge in [-0.25, -0.2) is 0 Å². The molecule has 0 saturated heterocycles. The monoisotopic (exact) mass is 246 g/mol. The van der Waals surface area contributed by atoms with Crippen molar-refractivity contribution in [1.82, 2.24) is 4.90 Å². The van der Waals surface area contributed by atoms with Crippen molar-refractivity contribution in [3.05, 3.63) is 29.8 Å². The molecule has 0 spiro atoms. The fourth-order valence-electron chi connectivity index (χ4n) is 1.60. The summed E-state index contributed by atoms with van der Waals surface area (Å²) in [6.07, 6.45) is 1.17. The molecule has 3 nitrogen and oxygen atoms in total. The Balaban J connectivity index is 2.35. The number of nitrogens with two attached hydrogens (primary N) is 1. The minimum atomic E-state index is 0.391. The zero-order chi connectivity index (χ0) is 13.2. The average molecular weight is 246 g/mol. The van der Waals surface area contributed by atoms with E-state index in [9.17, 15) is 0 Å². The summed E-state index contributed by atoms with van der Waals surface area (Å²) in [5.74, 6) is 6.70. The second kappa shape index (κ2) is 8.57. The van der Waals surface area contributed by atoms with E-state index < -0.39 is 0 Å². The molecule has 2 N–H and O–H groups in total. The van der Waals surface area contributed by atoms with Gasteiger partial charge in [-0.15, -0.1) is 0 Å². The van der Waals surface area contributed by atoms with Gasteiger partial charge in [-0.2, -0.15) is 0 Å². The predicted molar refractivity (Wildman–Crippen MR) is 75.7 cm³/mol. The molecular weight excluding hydrogens is 224 g/mol. The van der Waals surface area contributed by atoms with Crippen molar-refractivity contribution in [3.8, 4) is 17.6 Å². The Kier molecular flexibility index (Phi) is 6.93. The molecule has 18 heavy (non-hydrogen) atoms. The lowest BCUT2D eigenvalue weighted by molar-refractivity contribution is 0.237.